The third-order valence-electron chi connectivity index (χ3n) is 3.83. The maximum atomic E-state index is 12.6. The molecule has 0 heterocycles. The van der Waals surface area contributed by atoms with Crippen LogP contribution in [0.3, 0.4) is 0 Å². The van der Waals surface area contributed by atoms with Gasteiger partial charge in [0.2, 0.25) is 0 Å². The number of methoxy groups -OCH3 is 1. The van der Waals surface area contributed by atoms with Gasteiger partial charge in [0.25, 0.3) is 5.91 Å². The van der Waals surface area contributed by atoms with E-state index < -0.39 is 18.0 Å². The minimum absolute atomic E-state index is 0.0322. The van der Waals surface area contributed by atoms with Crippen molar-refractivity contribution in [2.45, 2.75) is 19.4 Å². The van der Waals surface area contributed by atoms with Crippen LogP contribution < -0.4 is 15.5 Å². The van der Waals surface area contributed by atoms with E-state index in [1.807, 2.05) is 30.3 Å². The minimum atomic E-state index is -0.866. The van der Waals surface area contributed by atoms with Crippen molar-refractivity contribution in [2.75, 3.05) is 13.7 Å². The minimum Gasteiger partial charge on any atom is -0.503 e. The van der Waals surface area contributed by atoms with E-state index >= 15 is 0 Å². The Kier molecular flexibility index (Phi) is 8.47. The fourth-order valence-corrected chi connectivity index (χ4v) is 2.91. The molecule has 0 bridgehead atoms. The number of rotatable bonds is 8. The Balaban J connectivity index is 2.09. The maximum Gasteiger partial charge on any atom is 0.407 e. The molecule has 0 aliphatic heterocycles. The second kappa shape index (κ2) is 11.1. The van der Waals surface area contributed by atoms with E-state index in [4.69, 9.17) is 9.47 Å². The van der Waals surface area contributed by atoms with E-state index in [1.165, 1.54) is 13.3 Å². The first-order valence-electron chi connectivity index (χ1n) is 8.81. The van der Waals surface area contributed by atoms with Crippen molar-refractivity contribution in [3.8, 4) is 11.5 Å². The van der Waals surface area contributed by atoms with Crippen molar-refractivity contribution in [2.24, 2.45) is 5.10 Å². The third-order valence-corrected chi connectivity index (χ3v) is 4.43. The van der Waals surface area contributed by atoms with Gasteiger partial charge >= 0.3 is 6.09 Å². The number of carbonyl (C=O) groups excluding carboxylic acids is 2. The number of ether oxygens (including phenoxy) is 2. The van der Waals surface area contributed by atoms with E-state index in [-0.39, 0.29) is 24.5 Å². The lowest BCUT2D eigenvalue weighted by Crippen LogP contribution is -2.47. The second-order valence-electron chi connectivity index (χ2n) is 5.89. The van der Waals surface area contributed by atoms with Crippen LogP contribution in [0.5, 0.6) is 11.5 Å². The number of alkyl carbamates (subject to hydrolysis) is 1. The zero-order valence-corrected chi connectivity index (χ0v) is 17.6. The number of nitrogens with zero attached hydrogens (tertiary/aromatic N) is 1. The SMILES string of the molecule is CCOC(=O)N[C@@H](Cc1ccccc1)C(=O)N/N=C\c1cc(Br)c(O)c(OC)c1. The standard InChI is InChI=1S/C20H22BrN3O5/c1-3-29-20(27)23-16(10-13-7-5-4-6-8-13)19(26)24-22-12-14-9-15(21)18(25)17(11-14)28-2/h4-9,11-12,16,25H,3,10H2,1-2H3,(H,23,27)(H,24,26)/b22-12-/t16-/m0/s1. The largest absolute Gasteiger partial charge is 0.503 e. The number of carbonyl (C=O) groups is 2. The molecule has 0 unspecified atom stereocenters. The van der Waals surface area contributed by atoms with E-state index in [1.54, 1.807) is 19.1 Å². The Morgan fingerprint density at radius 3 is 2.66 bits per heavy atom. The highest BCUT2D eigenvalue weighted by Gasteiger charge is 2.21. The van der Waals surface area contributed by atoms with Crippen molar-refractivity contribution in [1.29, 1.82) is 0 Å². The van der Waals surface area contributed by atoms with Crippen LogP contribution >= 0.6 is 15.9 Å². The first kappa shape index (κ1) is 22.2. The molecule has 2 rings (SSSR count). The van der Waals surface area contributed by atoms with Crippen molar-refractivity contribution in [3.05, 3.63) is 58.1 Å². The smallest absolute Gasteiger partial charge is 0.407 e. The summed E-state index contributed by atoms with van der Waals surface area (Å²) < 4.78 is 10.4. The highest BCUT2D eigenvalue weighted by Crippen LogP contribution is 2.34. The number of nitrogens with one attached hydrogen (secondary N) is 2. The summed E-state index contributed by atoms with van der Waals surface area (Å²) in [5.74, 6) is -0.267. The van der Waals surface area contributed by atoms with E-state index in [0.29, 0.717) is 10.0 Å². The van der Waals surface area contributed by atoms with Crippen LogP contribution in [0.2, 0.25) is 0 Å². The highest BCUT2D eigenvalue weighted by molar-refractivity contribution is 9.10. The fourth-order valence-electron chi connectivity index (χ4n) is 2.45. The average molecular weight is 464 g/mol. The van der Waals surface area contributed by atoms with Gasteiger partial charge in [-0.3, -0.25) is 4.79 Å². The Labute approximate surface area is 177 Å². The number of phenols is 1. The molecule has 3 N–H and O–H groups in total. The van der Waals surface area contributed by atoms with Gasteiger partial charge in [0, 0.05) is 6.42 Å². The molecule has 0 aliphatic carbocycles. The number of halogens is 1. The quantitative estimate of drug-likeness (QED) is 0.411. The van der Waals surface area contributed by atoms with Crippen molar-refractivity contribution >= 4 is 34.1 Å². The maximum absolute atomic E-state index is 12.6. The summed E-state index contributed by atoms with van der Waals surface area (Å²) >= 11 is 3.22. The van der Waals surface area contributed by atoms with Gasteiger partial charge in [-0.25, -0.2) is 10.2 Å². The average Bonchev–Trinajstić information content (AvgIpc) is 2.70. The summed E-state index contributed by atoms with van der Waals surface area (Å²) in [6, 6.07) is 11.6. The number of hydrogen-bond donors (Lipinski definition) is 3. The predicted molar refractivity (Wildman–Crippen MR) is 112 cm³/mol. The van der Waals surface area contributed by atoms with Crippen LogP contribution in [0.1, 0.15) is 18.1 Å². The number of hydrazone groups is 1. The predicted octanol–water partition coefficient (Wildman–Crippen LogP) is 2.97. The topological polar surface area (TPSA) is 109 Å². The van der Waals surface area contributed by atoms with Crippen molar-refractivity contribution in [3.63, 3.8) is 0 Å². The molecule has 2 aromatic carbocycles. The molecule has 0 fully saturated rings. The molecule has 0 spiro atoms. The first-order chi connectivity index (χ1) is 13.9. The highest BCUT2D eigenvalue weighted by atomic mass is 79.9. The van der Waals surface area contributed by atoms with Crippen LogP contribution in [0, 0.1) is 0 Å². The summed E-state index contributed by atoms with van der Waals surface area (Å²) in [5, 5.41) is 16.3. The molecule has 2 aromatic rings. The lowest BCUT2D eigenvalue weighted by molar-refractivity contribution is -0.123. The zero-order valence-electron chi connectivity index (χ0n) is 16.0. The molecule has 9 heteroatoms. The Morgan fingerprint density at radius 2 is 2.00 bits per heavy atom. The number of amides is 2. The van der Waals surface area contributed by atoms with E-state index in [0.717, 1.165) is 5.56 Å². The van der Waals surface area contributed by atoms with Crippen LogP contribution in [0.15, 0.2) is 52.0 Å². The monoisotopic (exact) mass is 463 g/mol. The Hall–Kier alpha value is -3.07. The van der Waals surface area contributed by atoms with Gasteiger partial charge < -0.3 is 19.9 Å². The molecular formula is C20H22BrN3O5. The zero-order chi connectivity index (χ0) is 21.2. The van der Waals surface area contributed by atoms with Gasteiger partial charge in [0.1, 0.15) is 6.04 Å². The normalized spacial score (nSPS) is 11.7. The number of aromatic hydroxyl groups is 1. The third kappa shape index (κ3) is 6.79. The molecular weight excluding hydrogens is 442 g/mol. The number of phenolic OH excluding ortho intramolecular Hbond substituents is 1. The second-order valence-corrected chi connectivity index (χ2v) is 6.75. The fraction of sp³-hybridized carbons (Fsp3) is 0.250. The van der Waals surface area contributed by atoms with Crippen molar-refractivity contribution < 1.29 is 24.2 Å². The molecule has 0 aromatic heterocycles. The molecule has 2 amide bonds. The van der Waals surface area contributed by atoms with Gasteiger partial charge in [0.05, 0.1) is 24.4 Å². The molecule has 154 valence electrons. The van der Waals surface area contributed by atoms with Gasteiger partial charge in [-0.05, 0) is 46.1 Å². The summed E-state index contributed by atoms with van der Waals surface area (Å²) in [7, 11) is 1.43. The van der Waals surface area contributed by atoms with Gasteiger partial charge in [-0.15, -0.1) is 0 Å². The van der Waals surface area contributed by atoms with Crippen LogP contribution in [0.4, 0.5) is 4.79 Å². The van der Waals surface area contributed by atoms with Gasteiger partial charge in [-0.1, -0.05) is 30.3 Å². The molecule has 0 radical (unpaired) electrons. The number of benzene rings is 2. The lowest BCUT2D eigenvalue weighted by Gasteiger charge is -2.16. The lowest BCUT2D eigenvalue weighted by atomic mass is 10.1. The van der Waals surface area contributed by atoms with Gasteiger partial charge in [-0.2, -0.15) is 5.10 Å². The molecule has 8 nitrogen and oxygen atoms in total. The van der Waals surface area contributed by atoms with Gasteiger partial charge in [0.15, 0.2) is 11.5 Å². The van der Waals surface area contributed by atoms with Crippen LogP contribution in [-0.2, 0) is 16.0 Å². The van der Waals surface area contributed by atoms with E-state index in [9.17, 15) is 14.7 Å². The van der Waals surface area contributed by atoms with Crippen molar-refractivity contribution in [1.82, 2.24) is 10.7 Å². The molecule has 0 aliphatic rings. The molecule has 1 atom stereocenters. The van der Waals surface area contributed by atoms with E-state index in [2.05, 4.69) is 31.8 Å². The summed E-state index contributed by atoms with van der Waals surface area (Å²) in [6.07, 6.45) is 0.994. The summed E-state index contributed by atoms with van der Waals surface area (Å²) in [6.45, 7) is 1.88. The molecule has 29 heavy (non-hydrogen) atoms. The first-order valence-corrected chi connectivity index (χ1v) is 9.60. The van der Waals surface area contributed by atoms with Crippen LogP contribution in [-0.4, -0.2) is 43.1 Å². The Morgan fingerprint density at radius 1 is 1.28 bits per heavy atom. The number of hydrogen-bond acceptors (Lipinski definition) is 6. The molecule has 0 saturated carbocycles. The summed E-state index contributed by atoms with van der Waals surface area (Å²) in [5.41, 5.74) is 3.88. The Bertz CT molecular complexity index is 874. The summed E-state index contributed by atoms with van der Waals surface area (Å²) in [4.78, 5) is 24.3. The molecule has 0 saturated heterocycles. The van der Waals surface area contributed by atoms with Crippen LogP contribution in [0.25, 0.3) is 0 Å².